The lowest BCUT2D eigenvalue weighted by Crippen LogP contribution is -2.18. The third-order valence-electron chi connectivity index (χ3n) is 3.14. The van der Waals surface area contributed by atoms with Crippen LogP contribution in [0.2, 0.25) is 0 Å². The van der Waals surface area contributed by atoms with Gasteiger partial charge in [0.1, 0.15) is 0 Å². The van der Waals surface area contributed by atoms with Crippen molar-refractivity contribution in [1.29, 1.82) is 0 Å². The second-order valence-electron chi connectivity index (χ2n) is 4.65. The summed E-state index contributed by atoms with van der Waals surface area (Å²) in [4.78, 5) is 15.1. The van der Waals surface area contributed by atoms with Gasteiger partial charge in [0, 0.05) is 0 Å². The number of hydrogen-bond acceptors (Lipinski definition) is 3. The average Bonchev–Trinajstić information content (AvgIpc) is 2.73. The molecule has 2 aromatic rings. The summed E-state index contributed by atoms with van der Waals surface area (Å²) in [5.74, 6) is -0.694. The summed E-state index contributed by atoms with van der Waals surface area (Å²) in [5.41, 5.74) is 1.69. The first-order chi connectivity index (χ1) is 8.54. The van der Waals surface area contributed by atoms with E-state index >= 15 is 0 Å². The van der Waals surface area contributed by atoms with Crippen molar-refractivity contribution in [1.82, 2.24) is 9.55 Å². The first-order valence-corrected chi connectivity index (χ1v) is 5.85. The Kier molecular flexibility index (Phi) is 3.34. The molecule has 2 rings (SSSR count). The molecular formula is C13H16N2O3. The topological polar surface area (TPSA) is 75.3 Å². The SMILES string of the molecule is CC(C)[C@H](CO)n1cnc2cc(C(=O)O)ccc21. The highest BCUT2D eigenvalue weighted by molar-refractivity contribution is 5.92. The van der Waals surface area contributed by atoms with Crippen molar-refractivity contribution in [2.45, 2.75) is 19.9 Å². The number of carbonyl (C=O) groups is 1. The summed E-state index contributed by atoms with van der Waals surface area (Å²) in [6, 6.07) is 4.78. The van der Waals surface area contributed by atoms with Crippen LogP contribution >= 0.6 is 0 Å². The van der Waals surface area contributed by atoms with Crippen LogP contribution in [0.4, 0.5) is 0 Å². The molecule has 0 spiro atoms. The molecule has 0 aliphatic heterocycles. The minimum Gasteiger partial charge on any atom is -0.478 e. The quantitative estimate of drug-likeness (QED) is 0.866. The number of aliphatic hydroxyl groups is 1. The number of rotatable bonds is 4. The van der Waals surface area contributed by atoms with Crippen LogP contribution in [0.15, 0.2) is 24.5 Å². The molecule has 0 amide bonds. The van der Waals surface area contributed by atoms with Gasteiger partial charge in [-0.1, -0.05) is 13.8 Å². The Bertz CT molecular complexity index is 575. The lowest BCUT2D eigenvalue weighted by atomic mass is 10.0. The van der Waals surface area contributed by atoms with Crippen molar-refractivity contribution in [3.05, 3.63) is 30.1 Å². The Hall–Kier alpha value is -1.88. The third-order valence-corrected chi connectivity index (χ3v) is 3.14. The predicted molar refractivity (Wildman–Crippen MR) is 67.7 cm³/mol. The average molecular weight is 248 g/mol. The fraction of sp³-hybridized carbons (Fsp3) is 0.385. The maximum Gasteiger partial charge on any atom is 0.335 e. The van der Waals surface area contributed by atoms with Gasteiger partial charge in [-0.15, -0.1) is 0 Å². The monoisotopic (exact) mass is 248 g/mol. The van der Waals surface area contributed by atoms with E-state index in [1.54, 1.807) is 24.5 Å². The third kappa shape index (κ3) is 2.09. The van der Waals surface area contributed by atoms with Crippen LogP contribution in [-0.2, 0) is 0 Å². The van der Waals surface area contributed by atoms with Crippen LogP contribution in [0.1, 0.15) is 30.2 Å². The first kappa shape index (κ1) is 12.6. The van der Waals surface area contributed by atoms with Gasteiger partial charge in [0.15, 0.2) is 0 Å². The minimum atomic E-state index is -0.964. The van der Waals surface area contributed by atoms with E-state index in [-0.39, 0.29) is 24.1 Å². The van der Waals surface area contributed by atoms with E-state index in [2.05, 4.69) is 4.98 Å². The fourth-order valence-electron chi connectivity index (χ4n) is 2.05. The highest BCUT2D eigenvalue weighted by Crippen LogP contribution is 2.23. The Morgan fingerprint density at radius 2 is 2.17 bits per heavy atom. The maximum absolute atomic E-state index is 10.9. The Balaban J connectivity index is 2.52. The molecule has 1 aromatic carbocycles. The fourth-order valence-corrected chi connectivity index (χ4v) is 2.05. The highest BCUT2D eigenvalue weighted by Gasteiger charge is 2.17. The van der Waals surface area contributed by atoms with Gasteiger partial charge < -0.3 is 14.8 Å². The largest absolute Gasteiger partial charge is 0.478 e. The van der Waals surface area contributed by atoms with Crippen LogP contribution in [-0.4, -0.2) is 32.3 Å². The number of fused-ring (bicyclic) bond motifs is 1. The molecule has 0 aliphatic rings. The normalized spacial score (nSPS) is 13.1. The van der Waals surface area contributed by atoms with Crippen molar-refractivity contribution in [2.75, 3.05) is 6.61 Å². The van der Waals surface area contributed by atoms with Crippen molar-refractivity contribution >= 4 is 17.0 Å². The second kappa shape index (κ2) is 4.78. The number of carboxylic acids is 1. The number of carboxylic acid groups (broad SMARTS) is 1. The number of hydrogen-bond donors (Lipinski definition) is 2. The molecule has 1 heterocycles. The molecule has 96 valence electrons. The number of aromatic carboxylic acids is 1. The summed E-state index contributed by atoms with van der Waals surface area (Å²) in [6.45, 7) is 4.08. The van der Waals surface area contributed by atoms with Crippen LogP contribution in [0, 0.1) is 5.92 Å². The first-order valence-electron chi connectivity index (χ1n) is 5.85. The Labute approximate surface area is 105 Å². The van der Waals surface area contributed by atoms with Crippen LogP contribution in [0.3, 0.4) is 0 Å². The van der Waals surface area contributed by atoms with Crippen LogP contribution < -0.4 is 0 Å². The van der Waals surface area contributed by atoms with Crippen molar-refractivity contribution in [2.24, 2.45) is 5.92 Å². The smallest absolute Gasteiger partial charge is 0.335 e. The Morgan fingerprint density at radius 3 is 2.72 bits per heavy atom. The van der Waals surface area contributed by atoms with Crippen molar-refractivity contribution in [3.63, 3.8) is 0 Å². The number of imidazole rings is 1. The van der Waals surface area contributed by atoms with Gasteiger partial charge in [0.25, 0.3) is 0 Å². The zero-order chi connectivity index (χ0) is 13.3. The molecule has 18 heavy (non-hydrogen) atoms. The molecule has 0 unspecified atom stereocenters. The van der Waals surface area contributed by atoms with E-state index in [9.17, 15) is 9.90 Å². The summed E-state index contributed by atoms with van der Waals surface area (Å²) in [5, 5.41) is 18.3. The van der Waals surface area contributed by atoms with Gasteiger partial charge in [-0.25, -0.2) is 9.78 Å². The summed E-state index contributed by atoms with van der Waals surface area (Å²) in [7, 11) is 0. The van der Waals surface area contributed by atoms with Crippen molar-refractivity contribution in [3.8, 4) is 0 Å². The van der Waals surface area contributed by atoms with Gasteiger partial charge in [0.05, 0.1) is 35.6 Å². The number of benzene rings is 1. The molecule has 0 fully saturated rings. The van der Waals surface area contributed by atoms with Gasteiger partial charge >= 0.3 is 5.97 Å². The molecule has 1 atom stereocenters. The summed E-state index contributed by atoms with van der Waals surface area (Å²) < 4.78 is 1.89. The van der Waals surface area contributed by atoms with E-state index in [1.807, 2.05) is 18.4 Å². The van der Waals surface area contributed by atoms with E-state index in [4.69, 9.17) is 5.11 Å². The zero-order valence-corrected chi connectivity index (χ0v) is 10.4. The molecule has 0 radical (unpaired) electrons. The molecule has 0 saturated carbocycles. The van der Waals surface area contributed by atoms with E-state index < -0.39 is 5.97 Å². The predicted octanol–water partition coefficient (Wildman–Crippen LogP) is 1.92. The lowest BCUT2D eigenvalue weighted by molar-refractivity contribution is 0.0697. The van der Waals surface area contributed by atoms with E-state index in [0.29, 0.717) is 5.52 Å². The molecule has 0 bridgehead atoms. The van der Waals surface area contributed by atoms with E-state index in [1.165, 1.54) is 0 Å². The highest BCUT2D eigenvalue weighted by atomic mass is 16.4. The van der Waals surface area contributed by atoms with Crippen LogP contribution in [0.25, 0.3) is 11.0 Å². The maximum atomic E-state index is 10.9. The molecule has 5 nitrogen and oxygen atoms in total. The minimum absolute atomic E-state index is 0.0316. The number of aromatic nitrogens is 2. The number of nitrogens with zero attached hydrogens (tertiary/aromatic N) is 2. The standard InChI is InChI=1S/C13H16N2O3/c1-8(2)12(6-16)15-7-14-10-5-9(13(17)18)3-4-11(10)15/h3-5,7-8,12,16H,6H2,1-2H3,(H,17,18)/t12-/m0/s1. The molecule has 0 saturated heterocycles. The summed E-state index contributed by atoms with van der Waals surface area (Å²) in [6.07, 6.45) is 1.65. The molecular weight excluding hydrogens is 232 g/mol. The second-order valence-corrected chi connectivity index (χ2v) is 4.65. The molecule has 0 aliphatic carbocycles. The molecule has 2 N–H and O–H groups in total. The lowest BCUT2D eigenvalue weighted by Gasteiger charge is -2.20. The van der Waals surface area contributed by atoms with Gasteiger partial charge in [-0.3, -0.25) is 0 Å². The van der Waals surface area contributed by atoms with Gasteiger partial charge in [0.2, 0.25) is 0 Å². The Morgan fingerprint density at radius 1 is 1.44 bits per heavy atom. The van der Waals surface area contributed by atoms with Crippen molar-refractivity contribution < 1.29 is 15.0 Å². The zero-order valence-electron chi connectivity index (χ0n) is 10.4. The number of aliphatic hydroxyl groups excluding tert-OH is 1. The van der Waals surface area contributed by atoms with E-state index in [0.717, 1.165) is 5.52 Å². The molecule has 5 heteroatoms. The summed E-state index contributed by atoms with van der Waals surface area (Å²) >= 11 is 0. The van der Waals surface area contributed by atoms with Crippen LogP contribution in [0.5, 0.6) is 0 Å². The molecule has 1 aromatic heterocycles. The van der Waals surface area contributed by atoms with Gasteiger partial charge in [-0.05, 0) is 24.1 Å². The van der Waals surface area contributed by atoms with Gasteiger partial charge in [-0.2, -0.15) is 0 Å².